The van der Waals surface area contributed by atoms with Gasteiger partial charge in [-0.1, -0.05) is 28.1 Å². The van der Waals surface area contributed by atoms with Crippen LogP contribution >= 0.6 is 26.6 Å². The summed E-state index contributed by atoms with van der Waals surface area (Å²) in [5, 5.41) is 7.58. The highest BCUT2D eigenvalue weighted by Crippen LogP contribution is 2.33. The van der Waals surface area contributed by atoms with E-state index in [9.17, 15) is 8.42 Å². The molecule has 2 aromatic rings. The van der Waals surface area contributed by atoms with Crippen LogP contribution in [0.25, 0.3) is 11.4 Å². The van der Waals surface area contributed by atoms with Crippen molar-refractivity contribution < 1.29 is 8.42 Å². The molecule has 1 heterocycles. The number of nitrogens with zero attached hydrogens (tertiary/aromatic N) is 3. The Morgan fingerprint density at radius 3 is 2.38 bits per heavy atom. The molecule has 1 aromatic heterocycles. The quantitative estimate of drug-likeness (QED) is 0.731. The summed E-state index contributed by atoms with van der Waals surface area (Å²) >= 11 is 3.46. The van der Waals surface area contributed by atoms with Gasteiger partial charge in [0.25, 0.3) is 14.2 Å². The predicted octanol–water partition coefficient (Wildman–Crippen LogP) is 3.70. The van der Waals surface area contributed by atoms with Crippen molar-refractivity contribution in [1.29, 1.82) is 0 Å². The Labute approximate surface area is 136 Å². The SMILES string of the molecule is Cc1c(Br)cccc1-c1nnc(S(=O)(=O)Cl)n1C(C)(C)C. The molecule has 0 saturated heterocycles. The molecule has 0 radical (unpaired) electrons. The van der Waals surface area contributed by atoms with Crippen LogP contribution in [0.1, 0.15) is 26.3 Å². The Morgan fingerprint density at radius 2 is 1.86 bits per heavy atom. The standard InChI is InChI=1S/C13H15BrClN3O2S/c1-8-9(6-5-7-10(8)14)11-16-17-12(21(15,19)20)18(11)13(2,3)4/h5-7H,1-4H3. The maximum atomic E-state index is 11.7. The lowest BCUT2D eigenvalue weighted by molar-refractivity contribution is 0.367. The van der Waals surface area contributed by atoms with E-state index in [1.165, 1.54) is 0 Å². The Morgan fingerprint density at radius 1 is 1.24 bits per heavy atom. The normalized spacial score (nSPS) is 12.7. The van der Waals surface area contributed by atoms with Gasteiger partial charge in [-0.15, -0.1) is 10.2 Å². The van der Waals surface area contributed by atoms with Gasteiger partial charge in [0.2, 0.25) is 0 Å². The first-order valence-corrected chi connectivity index (χ1v) is 9.30. The van der Waals surface area contributed by atoms with Crippen LogP contribution < -0.4 is 0 Å². The topological polar surface area (TPSA) is 64.8 Å². The van der Waals surface area contributed by atoms with Crippen LogP contribution in [0.5, 0.6) is 0 Å². The van der Waals surface area contributed by atoms with Crippen molar-refractivity contribution in [2.75, 3.05) is 0 Å². The zero-order valence-corrected chi connectivity index (χ0v) is 15.2. The largest absolute Gasteiger partial charge is 0.296 e. The van der Waals surface area contributed by atoms with Crippen LogP contribution in [0.2, 0.25) is 0 Å². The van der Waals surface area contributed by atoms with Crippen molar-refractivity contribution in [2.24, 2.45) is 0 Å². The van der Waals surface area contributed by atoms with Crippen LogP contribution in [-0.2, 0) is 14.6 Å². The van der Waals surface area contributed by atoms with Crippen LogP contribution in [0.15, 0.2) is 27.8 Å². The lowest BCUT2D eigenvalue weighted by Gasteiger charge is -2.24. The summed E-state index contributed by atoms with van der Waals surface area (Å²) in [7, 11) is 1.50. The lowest BCUT2D eigenvalue weighted by Crippen LogP contribution is -2.26. The molecule has 0 saturated carbocycles. The molecule has 0 atom stereocenters. The van der Waals surface area contributed by atoms with Crippen LogP contribution in [-0.4, -0.2) is 23.2 Å². The second-order valence-corrected chi connectivity index (χ2v) is 8.98. The summed E-state index contributed by atoms with van der Waals surface area (Å²) < 4.78 is 25.9. The van der Waals surface area contributed by atoms with Gasteiger partial charge >= 0.3 is 0 Å². The highest BCUT2D eigenvalue weighted by atomic mass is 79.9. The zero-order valence-electron chi connectivity index (χ0n) is 12.1. The van der Waals surface area contributed by atoms with Gasteiger partial charge in [-0.2, -0.15) is 0 Å². The first-order chi connectivity index (χ1) is 9.53. The number of rotatable bonds is 2. The number of hydrogen-bond acceptors (Lipinski definition) is 4. The Bertz CT molecular complexity index is 794. The smallest absolute Gasteiger partial charge is 0.291 e. The van der Waals surface area contributed by atoms with Gasteiger partial charge in [0.05, 0.1) is 0 Å². The van der Waals surface area contributed by atoms with Gasteiger partial charge in [-0.05, 0) is 39.3 Å². The van der Waals surface area contributed by atoms with Crippen molar-refractivity contribution in [2.45, 2.75) is 38.4 Å². The molecule has 5 nitrogen and oxygen atoms in total. The van der Waals surface area contributed by atoms with Crippen molar-refractivity contribution in [3.63, 3.8) is 0 Å². The minimum Gasteiger partial charge on any atom is -0.291 e. The second kappa shape index (κ2) is 5.37. The summed E-state index contributed by atoms with van der Waals surface area (Å²) in [4.78, 5) is 0. The lowest BCUT2D eigenvalue weighted by atomic mass is 10.1. The molecule has 0 aliphatic rings. The van der Waals surface area contributed by atoms with E-state index >= 15 is 0 Å². The molecule has 21 heavy (non-hydrogen) atoms. The molecule has 1 aromatic carbocycles. The van der Waals surface area contributed by atoms with E-state index in [1.807, 2.05) is 45.9 Å². The monoisotopic (exact) mass is 391 g/mol. The van der Waals surface area contributed by atoms with Crippen molar-refractivity contribution >= 4 is 35.7 Å². The molecule has 0 spiro atoms. The number of halogens is 2. The van der Waals surface area contributed by atoms with Crippen molar-refractivity contribution in [3.8, 4) is 11.4 Å². The molecule has 114 valence electrons. The average molecular weight is 393 g/mol. The number of aromatic nitrogens is 3. The third-order valence-corrected chi connectivity index (χ3v) is 5.00. The maximum Gasteiger partial charge on any atom is 0.296 e. The van der Waals surface area contributed by atoms with E-state index in [0.29, 0.717) is 5.82 Å². The van der Waals surface area contributed by atoms with Gasteiger partial charge in [0, 0.05) is 26.3 Å². The van der Waals surface area contributed by atoms with Crippen LogP contribution in [0.4, 0.5) is 0 Å². The van der Waals surface area contributed by atoms with E-state index in [1.54, 1.807) is 4.57 Å². The second-order valence-electron chi connectivity index (χ2n) is 5.66. The fourth-order valence-corrected chi connectivity index (χ4v) is 3.44. The molecule has 0 unspecified atom stereocenters. The molecule has 0 N–H and O–H groups in total. The van der Waals surface area contributed by atoms with E-state index in [2.05, 4.69) is 26.1 Å². The van der Waals surface area contributed by atoms with Crippen LogP contribution in [0, 0.1) is 6.92 Å². The third-order valence-electron chi connectivity index (χ3n) is 3.03. The van der Waals surface area contributed by atoms with Gasteiger partial charge in [-0.25, -0.2) is 8.42 Å². The molecule has 0 amide bonds. The Kier molecular flexibility index (Phi) is 4.21. The van der Waals surface area contributed by atoms with E-state index < -0.39 is 14.6 Å². The molecular formula is C13H15BrClN3O2S. The highest BCUT2D eigenvalue weighted by Gasteiger charge is 2.30. The molecule has 0 aliphatic heterocycles. The summed E-state index contributed by atoms with van der Waals surface area (Å²) in [6.07, 6.45) is 0. The zero-order chi connectivity index (χ0) is 16.0. The Balaban J connectivity index is 2.83. The molecule has 2 rings (SSSR count). The molecule has 8 heteroatoms. The van der Waals surface area contributed by atoms with Crippen LogP contribution in [0.3, 0.4) is 0 Å². The summed E-state index contributed by atoms with van der Waals surface area (Å²) in [6.45, 7) is 7.55. The van der Waals surface area contributed by atoms with Crippen molar-refractivity contribution in [1.82, 2.24) is 14.8 Å². The summed E-state index contributed by atoms with van der Waals surface area (Å²) in [6, 6.07) is 5.65. The van der Waals surface area contributed by atoms with Crippen molar-refractivity contribution in [3.05, 3.63) is 28.2 Å². The first-order valence-electron chi connectivity index (χ1n) is 6.19. The molecule has 0 bridgehead atoms. The van der Waals surface area contributed by atoms with Gasteiger partial charge in [0.1, 0.15) is 0 Å². The third kappa shape index (κ3) is 3.14. The maximum absolute atomic E-state index is 11.7. The Hall–Kier alpha value is -0.920. The van der Waals surface area contributed by atoms with Gasteiger partial charge in [0.15, 0.2) is 5.82 Å². The van der Waals surface area contributed by atoms with E-state index in [-0.39, 0.29) is 5.16 Å². The molecule has 0 fully saturated rings. The highest BCUT2D eigenvalue weighted by molar-refractivity contribution is 9.10. The minimum absolute atomic E-state index is 0.244. The summed E-state index contributed by atoms with van der Waals surface area (Å²) in [5.41, 5.74) is 1.22. The van der Waals surface area contributed by atoms with Gasteiger partial charge < -0.3 is 0 Å². The number of benzene rings is 1. The van der Waals surface area contributed by atoms with E-state index in [0.717, 1.165) is 15.6 Å². The minimum atomic E-state index is -3.98. The van der Waals surface area contributed by atoms with E-state index in [4.69, 9.17) is 10.7 Å². The predicted molar refractivity (Wildman–Crippen MR) is 85.9 cm³/mol. The average Bonchev–Trinajstić information content (AvgIpc) is 2.76. The molecular weight excluding hydrogens is 378 g/mol. The molecule has 0 aliphatic carbocycles. The fourth-order valence-electron chi connectivity index (χ4n) is 2.06. The first kappa shape index (κ1) is 16.5. The van der Waals surface area contributed by atoms with Gasteiger partial charge in [-0.3, -0.25) is 4.57 Å². The number of hydrogen-bond donors (Lipinski definition) is 0. The fraction of sp³-hybridized carbons (Fsp3) is 0.385. The summed E-state index contributed by atoms with van der Waals surface area (Å²) in [5.74, 6) is 0.473.